The van der Waals surface area contributed by atoms with Gasteiger partial charge in [0, 0.05) is 52.0 Å². The number of hydrogen-bond donors (Lipinski definition) is 0. The fourth-order valence-electron chi connectivity index (χ4n) is 4.19. The summed E-state index contributed by atoms with van der Waals surface area (Å²) in [5.41, 5.74) is 2.39. The highest BCUT2D eigenvalue weighted by atomic mass is 79.9. The zero-order chi connectivity index (χ0) is 26.2. The van der Waals surface area contributed by atoms with Gasteiger partial charge in [0.25, 0.3) is 5.91 Å². The van der Waals surface area contributed by atoms with Crippen molar-refractivity contribution in [1.82, 2.24) is 9.80 Å². The van der Waals surface area contributed by atoms with Gasteiger partial charge in [-0.15, -0.1) is 0 Å². The summed E-state index contributed by atoms with van der Waals surface area (Å²) in [7, 11) is 3.08. The Labute approximate surface area is 224 Å². The topological polar surface area (TPSA) is 90.7 Å². The second-order valence-electron chi connectivity index (χ2n) is 8.34. The number of amides is 2. The van der Waals surface area contributed by atoms with Gasteiger partial charge < -0.3 is 33.2 Å². The smallest absolute Gasteiger partial charge is 0.289 e. The molecule has 0 spiro atoms. The van der Waals surface area contributed by atoms with Crippen LogP contribution >= 0.6 is 15.9 Å². The molecule has 1 saturated heterocycles. The van der Waals surface area contributed by atoms with E-state index >= 15 is 0 Å². The predicted molar refractivity (Wildman–Crippen MR) is 139 cm³/mol. The van der Waals surface area contributed by atoms with Crippen molar-refractivity contribution >= 4 is 27.7 Å². The maximum atomic E-state index is 13.5. The standard InChI is InChI=1S/C27H29BrN2O7/c1-33-17-36-22-16-23(37-18-34-2)26(28)20(25(22)19-7-4-3-5-8-19)15-24(31)29-10-12-30(13-11-29)27(32)21-9-6-14-35-21/h3-9,14,16H,10-13,15,17-18H2,1-2H3. The summed E-state index contributed by atoms with van der Waals surface area (Å²) in [5, 5.41) is 0. The van der Waals surface area contributed by atoms with E-state index in [0.29, 0.717) is 47.9 Å². The van der Waals surface area contributed by atoms with Gasteiger partial charge in [-0.1, -0.05) is 30.3 Å². The summed E-state index contributed by atoms with van der Waals surface area (Å²) in [4.78, 5) is 29.6. The lowest BCUT2D eigenvalue weighted by Gasteiger charge is -2.34. The van der Waals surface area contributed by atoms with Crippen LogP contribution in [-0.2, 0) is 20.7 Å². The Hall–Kier alpha value is -3.34. The van der Waals surface area contributed by atoms with Gasteiger partial charge >= 0.3 is 0 Å². The Kier molecular flexibility index (Phi) is 9.21. The summed E-state index contributed by atoms with van der Waals surface area (Å²) in [6.45, 7) is 1.78. The summed E-state index contributed by atoms with van der Waals surface area (Å²) >= 11 is 3.66. The number of halogens is 1. The van der Waals surface area contributed by atoms with Gasteiger partial charge in [-0.2, -0.15) is 0 Å². The molecular formula is C27H29BrN2O7. The number of carbonyl (C=O) groups is 2. The van der Waals surface area contributed by atoms with Crippen molar-refractivity contribution in [2.24, 2.45) is 0 Å². The molecule has 37 heavy (non-hydrogen) atoms. The molecule has 4 rings (SSSR count). The van der Waals surface area contributed by atoms with Gasteiger partial charge in [0.1, 0.15) is 11.5 Å². The van der Waals surface area contributed by atoms with Gasteiger partial charge in [-0.25, -0.2) is 0 Å². The number of benzene rings is 2. The van der Waals surface area contributed by atoms with Crippen LogP contribution in [0.3, 0.4) is 0 Å². The lowest BCUT2D eigenvalue weighted by atomic mass is 9.95. The van der Waals surface area contributed by atoms with Crippen molar-refractivity contribution in [3.8, 4) is 22.6 Å². The molecule has 2 aromatic carbocycles. The first kappa shape index (κ1) is 26.7. The maximum Gasteiger partial charge on any atom is 0.289 e. The van der Waals surface area contributed by atoms with Crippen LogP contribution in [0.5, 0.6) is 11.5 Å². The minimum atomic E-state index is -0.172. The maximum absolute atomic E-state index is 13.5. The van der Waals surface area contributed by atoms with E-state index in [-0.39, 0.29) is 31.8 Å². The minimum absolute atomic E-state index is 0.0320. The molecule has 0 radical (unpaired) electrons. The van der Waals surface area contributed by atoms with E-state index in [2.05, 4.69) is 15.9 Å². The fraction of sp³-hybridized carbons (Fsp3) is 0.333. The first-order chi connectivity index (χ1) is 18.0. The third kappa shape index (κ3) is 6.33. The van der Waals surface area contributed by atoms with E-state index < -0.39 is 0 Å². The van der Waals surface area contributed by atoms with Crippen LogP contribution in [0.25, 0.3) is 11.1 Å². The lowest BCUT2D eigenvalue weighted by Crippen LogP contribution is -2.51. The SMILES string of the molecule is COCOc1cc(OCOC)c(-c2ccccc2)c(CC(=O)N2CCN(C(=O)c3ccco3)CC2)c1Br. The molecule has 0 bridgehead atoms. The van der Waals surface area contributed by atoms with Gasteiger partial charge in [0.05, 0.1) is 17.2 Å². The van der Waals surface area contributed by atoms with Crippen molar-refractivity contribution < 1.29 is 33.0 Å². The average molecular weight is 573 g/mol. The van der Waals surface area contributed by atoms with Crippen molar-refractivity contribution in [2.45, 2.75) is 6.42 Å². The number of ether oxygens (including phenoxy) is 4. The zero-order valence-corrected chi connectivity index (χ0v) is 22.4. The van der Waals surface area contributed by atoms with Crippen LogP contribution in [0.2, 0.25) is 0 Å². The van der Waals surface area contributed by atoms with Crippen molar-refractivity contribution in [3.05, 3.63) is 70.6 Å². The number of carbonyl (C=O) groups excluding carboxylic acids is 2. The number of rotatable bonds is 10. The quantitative estimate of drug-likeness (QED) is 0.336. The minimum Gasteiger partial charge on any atom is -0.467 e. The van der Waals surface area contributed by atoms with Gasteiger partial charge in [-0.05, 0) is 39.2 Å². The molecule has 10 heteroatoms. The van der Waals surface area contributed by atoms with Crippen LogP contribution in [0.1, 0.15) is 16.1 Å². The van der Waals surface area contributed by atoms with Crippen LogP contribution in [-0.4, -0.2) is 75.6 Å². The number of piperazine rings is 1. The molecule has 1 fully saturated rings. The van der Waals surface area contributed by atoms with Crippen LogP contribution in [0, 0.1) is 0 Å². The number of nitrogens with zero attached hydrogens (tertiary/aromatic N) is 2. The molecule has 1 aromatic heterocycles. The molecule has 1 aliphatic heterocycles. The Morgan fingerprint density at radius 1 is 0.892 bits per heavy atom. The molecule has 0 N–H and O–H groups in total. The molecule has 9 nitrogen and oxygen atoms in total. The third-order valence-electron chi connectivity index (χ3n) is 6.00. The van der Waals surface area contributed by atoms with E-state index in [1.54, 1.807) is 35.1 Å². The molecule has 0 aliphatic carbocycles. The molecule has 196 valence electrons. The van der Waals surface area contributed by atoms with Gasteiger partial charge in [0.15, 0.2) is 19.3 Å². The Morgan fingerprint density at radius 2 is 1.54 bits per heavy atom. The number of methoxy groups -OCH3 is 2. The van der Waals surface area contributed by atoms with Crippen LogP contribution < -0.4 is 9.47 Å². The van der Waals surface area contributed by atoms with E-state index in [0.717, 1.165) is 16.7 Å². The molecule has 2 heterocycles. The van der Waals surface area contributed by atoms with Gasteiger partial charge in [0.2, 0.25) is 5.91 Å². The highest BCUT2D eigenvalue weighted by Crippen LogP contribution is 2.44. The predicted octanol–water partition coefficient (Wildman–Crippen LogP) is 4.20. The van der Waals surface area contributed by atoms with E-state index in [1.165, 1.54) is 13.4 Å². The molecule has 0 atom stereocenters. The fourth-order valence-corrected chi connectivity index (χ4v) is 4.76. The first-order valence-electron chi connectivity index (χ1n) is 11.8. The van der Waals surface area contributed by atoms with Crippen LogP contribution in [0.15, 0.2) is 63.7 Å². The van der Waals surface area contributed by atoms with E-state index in [4.69, 9.17) is 23.4 Å². The largest absolute Gasteiger partial charge is 0.467 e. The molecule has 2 amide bonds. The second kappa shape index (κ2) is 12.8. The molecule has 0 unspecified atom stereocenters. The molecule has 1 aliphatic rings. The Balaban J connectivity index is 1.60. The first-order valence-corrected chi connectivity index (χ1v) is 12.6. The Morgan fingerprint density at radius 3 is 2.16 bits per heavy atom. The summed E-state index contributed by atoms with van der Waals surface area (Å²) in [6.07, 6.45) is 1.58. The lowest BCUT2D eigenvalue weighted by molar-refractivity contribution is -0.131. The van der Waals surface area contributed by atoms with Gasteiger partial charge in [-0.3, -0.25) is 9.59 Å². The van der Waals surface area contributed by atoms with Crippen molar-refractivity contribution in [2.75, 3.05) is 54.0 Å². The number of hydrogen-bond acceptors (Lipinski definition) is 7. The summed E-state index contributed by atoms with van der Waals surface area (Å²) < 4.78 is 27.8. The Bertz CT molecular complexity index is 1190. The summed E-state index contributed by atoms with van der Waals surface area (Å²) in [6, 6.07) is 14.8. The summed E-state index contributed by atoms with van der Waals surface area (Å²) in [5.74, 6) is 1.08. The van der Waals surface area contributed by atoms with Crippen molar-refractivity contribution in [3.63, 3.8) is 0 Å². The van der Waals surface area contributed by atoms with Crippen LogP contribution in [0.4, 0.5) is 0 Å². The molecule has 3 aromatic rings. The average Bonchev–Trinajstić information content (AvgIpc) is 3.48. The number of furan rings is 1. The molecular weight excluding hydrogens is 544 g/mol. The third-order valence-corrected chi connectivity index (χ3v) is 6.87. The second-order valence-corrected chi connectivity index (χ2v) is 9.13. The molecule has 0 saturated carbocycles. The highest BCUT2D eigenvalue weighted by molar-refractivity contribution is 9.10. The monoisotopic (exact) mass is 572 g/mol. The van der Waals surface area contributed by atoms with Crippen molar-refractivity contribution in [1.29, 1.82) is 0 Å². The normalized spacial score (nSPS) is 13.5. The zero-order valence-electron chi connectivity index (χ0n) is 20.8. The highest BCUT2D eigenvalue weighted by Gasteiger charge is 2.28. The van der Waals surface area contributed by atoms with E-state index in [1.807, 2.05) is 30.3 Å². The van der Waals surface area contributed by atoms with E-state index in [9.17, 15) is 9.59 Å².